The van der Waals surface area contributed by atoms with Gasteiger partial charge in [-0.25, -0.2) is 0 Å². The molecule has 0 spiro atoms. The second-order valence-electron chi connectivity index (χ2n) is 3.85. The summed E-state index contributed by atoms with van der Waals surface area (Å²) < 4.78 is 5.46. The second-order valence-corrected chi connectivity index (χ2v) is 4.25. The first-order valence-electron chi connectivity index (χ1n) is 5.32. The van der Waals surface area contributed by atoms with Crippen molar-refractivity contribution in [2.24, 2.45) is 0 Å². The Labute approximate surface area is 113 Å². The predicted octanol–water partition coefficient (Wildman–Crippen LogP) is 3.33. The summed E-state index contributed by atoms with van der Waals surface area (Å²) in [6.07, 6.45) is 0. The molecule has 0 saturated heterocycles. The lowest BCUT2D eigenvalue weighted by atomic mass is 10.2. The molecule has 0 bridgehead atoms. The molecule has 0 radical (unpaired) electrons. The number of halogens is 1. The van der Waals surface area contributed by atoms with Crippen LogP contribution in [0.5, 0.6) is 11.6 Å². The SMILES string of the molecule is Cc1ccc(Cl)c(Oc2ccc([N+](=O)[O-])c(N)n2)c1. The van der Waals surface area contributed by atoms with Gasteiger partial charge in [-0.3, -0.25) is 10.1 Å². The van der Waals surface area contributed by atoms with E-state index in [0.717, 1.165) is 5.56 Å². The van der Waals surface area contributed by atoms with Gasteiger partial charge in [-0.1, -0.05) is 17.7 Å². The molecule has 2 aromatic rings. The van der Waals surface area contributed by atoms with Crippen molar-refractivity contribution in [3.8, 4) is 11.6 Å². The Morgan fingerprint density at radius 1 is 1.37 bits per heavy atom. The Balaban J connectivity index is 2.31. The summed E-state index contributed by atoms with van der Waals surface area (Å²) in [5.41, 5.74) is 6.18. The highest BCUT2D eigenvalue weighted by Crippen LogP contribution is 2.31. The lowest BCUT2D eigenvalue weighted by molar-refractivity contribution is -0.384. The minimum absolute atomic E-state index is 0.149. The number of benzene rings is 1. The van der Waals surface area contributed by atoms with E-state index < -0.39 is 4.92 Å². The van der Waals surface area contributed by atoms with Crippen molar-refractivity contribution in [3.63, 3.8) is 0 Å². The summed E-state index contributed by atoms with van der Waals surface area (Å²) >= 11 is 5.98. The van der Waals surface area contributed by atoms with Crippen LogP contribution in [0.2, 0.25) is 5.02 Å². The molecule has 2 rings (SSSR count). The van der Waals surface area contributed by atoms with Crippen molar-refractivity contribution in [1.82, 2.24) is 4.98 Å². The molecular weight excluding hydrogens is 270 g/mol. The third kappa shape index (κ3) is 2.92. The zero-order valence-corrected chi connectivity index (χ0v) is 10.7. The second kappa shape index (κ2) is 5.11. The number of anilines is 1. The van der Waals surface area contributed by atoms with Gasteiger partial charge in [0.05, 0.1) is 9.95 Å². The van der Waals surface area contributed by atoms with E-state index >= 15 is 0 Å². The number of nitro groups is 1. The first kappa shape index (κ1) is 13.1. The summed E-state index contributed by atoms with van der Waals surface area (Å²) in [6, 6.07) is 7.88. The molecule has 0 amide bonds. The van der Waals surface area contributed by atoms with Gasteiger partial charge < -0.3 is 10.5 Å². The molecule has 0 aliphatic carbocycles. The Morgan fingerprint density at radius 2 is 2.11 bits per heavy atom. The van der Waals surface area contributed by atoms with Crippen LogP contribution in [0.25, 0.3) is 0 Å². The molecule has 7 heteroatoms. The van der Waals surface area contributed by atoms with Gasteiger partial charge in [0, 0.05) is 12.1 Å². The molecule has 19 heavy (non-hydrogen) atoms. The number of aryl methyl sites for hydroxylation is 1. The average molecular weight is 280 g/mol. The number of ether oxygens (including phenoxy) is 1. The van der Waals surface area contributed by atoms with Crippen LogP contribution < -0.4 is 10.5 Å². The van der Waals surface area contributed by atoms with Gasteiger partial charge in [-0.2, -0.15) is 4.98 Å². The minimum atomic E-state index is -0.605. The van der Waals surface area contributed by atoms with E-state index in [1.54, 1.807) is 12.1 Å². The summed E-state index contributed by atoms with van der Waals surface area (Å²) in [4.78, 5) is 13.8. The van der Waals surface area contributed by atoms with Crippen molar-refractivity contribution < 1.29 is 9.66 Å². The number of nitrogen functional groups attached to an aromatic ring is 1. The average Bonchev–Trinajstić information content (AvgIpc) is 2.33. The first-order valence-corrected chi connectivity index (χ1v) is 5.70. The Hall–Kier alpha value is -2.34. The van der Waals surface area contributed by atoms with Crippen molar-refractivity contribution >= 4 is 23.1 Å². The molecule has 0 atom stereocenters. The van der Waals surface area contributed by atoms with Crippen LogP contribution in [0.1, 0.15) is 5.56 Å². The highest BCUT2D eigenvalue weighted by atomic mass is 35.5. The summed E-state index contributed by atoms with van der Waals surface area (Å²) in [5.74, 6) is 0.365. The van der Waals surface area contributed by atoms with Crippen LogP contribution in [-0.4, -0.2) is 9.91 Å². The van der Waals surface area contributed by atoms with Gasteiger partial charge in [0.15, 0.2) is 0 Å². The molecule has 0 fully saturated rings. The fourth-order valence-electron chi connectivity index (χ4n) is 1.46. The standard InChI is InChI=1S/C12H10ClN3O3/c1-7-2-3-8(13)10(6-7)19-11-5-4-9(16(17)18)12(14)15-11/h2-6H,1H3,(H2,14,15). The van der Waals surface area contributed by atoms with E-state index in [0.29, 0.717) is 10.8 Å². The van der Waals surface area contributed by atoms with E-state index in [4.69, 9.17) is 22.1 Å². The van der Waals surface area contributed by atoms with Crippen LogP contribution in [-0.2, 0) is 0 Å². The van der Waals surface area contributed by atoms with Crippen LogP contribution in [0, 0.1) is 17.0 Å². The van der Waals surface area contributed by atoms with Crippen LogP contribution in [0.3, 0.4) is 0 Å². The normalized spacial score (nSPS) is 10.2. The number of nitrogens with zero attached hydrogens (tertiary/aromatic N) is 2. The molecule has 0 aliphatic heterocycles. The zero-order chi connectivity index (χ0) is 14.0. The van der Waals surface area contributed by atoms with Gasteiger partial charge in [-0.15, -0.1) is 0 Å². The molecular formula is C12H10ClN3O3. The smallest absolute Gasteiger partial charge is 0.311 e. The molecule has 1 aromatic carbocycles. The molecule has 0 saturated carbocycles. The fraction of sp³-hybridized carbons (Fsp3) is 0.0833. The largest absolute Gasteiger partial charge is 0.437 e. The molecule has 1 heterocycles. The third-order valence-electron chi connectivity index (χ3n) is 2.37. The van der Waals surface area contributed by atoms with Gasteiger partial charge in [0.25, 0.3) is 0 Å². The Kier molecular flexibility index (Phi) is 3.52. The molecule has 0 unspecified atom stereocenters. The number of nitrogens with two attached hydrogens (primary N) is 1. The Morgan fingerprint density at radius 3 is 2.74 bits per heavy atom. The third-order valence-corrected chi connectivity index (χ3v) is 2.69. The maximum absolute atomic E-state index is 10.6. The van der Waals surface area contributed by atoms with Crippen LogP contribution in [0.4, 0.5) is 11.5 Å². The first-order chi connectivity index (χ1) is 8.97. The summed E-state index contributed by atoms with van der Waals surface area (Å²) in [5, 5.41) is 11.0. The van der Waals surface area contributed by atoms with Gasteiger partial charge in [0.2, 0.25) is 11.7 Å². The van der Waals surface area contributed by atoms with E-state index in [1.807, 2.05) is 13.0 Å². The van der Waals surface area contributed by atoms with Crippen molar-refractivity contribution in [2.45, 2.75) is 6.92 Å². The van der Waals surface area contributed by atoms with E-state index in [9.17, 15) is 10.1 Å². The number of hydrogen-bond donors (Lipinski definition) is 1. The van der Waals surface area contributed by atoms with Crippen LogP contribution >= 0.6 is 11.6 Å². The molecule has 2 N–H and O–H groups in total. The van der Waals surface area contributed by atoms with Crippen molar-refractivity contribution in [3.05, 3.63) is 51.0 Å². The van der Waals surface area contributed by atoms with Crippen LogP contribution in [0.15, 0.2) is 30.3 Å². The highest BCUT2D eigenvalue weighted by molar-refractivity contribution is 6.32. The number of rotatable bonds is 3. The maximum Gasteiger partial charge on any atom is 0.311 e. The van der Waals surface area contributed by atoms with Gasteiger partial charge in [0.1, 0.15) is 5.75 Å². The molecule has 98 valence electrons. The van der Waals surface area contributed by atoms with Gasteiger partial charge in [-0.05, 0) is 24.6 Å². The number of hydrogen-bond acceptors (Lipinski definition) is 5. The topological polar surface area (TPSA) is 91.3 Å². The monoisotopic (exact) mass is 279 g/mol. The summed E-state index contributed by atoms with van der Waals surface area (Å²) in [6.45, 7) is 1.89. The Bertz CT molecular complexity index is 646. The number of aromatic nitrogens is 1. The van der Waals surface area contributed by atoms with E-state index in [-0.39, 0.29) is 17.4 Å². The highest BCUT2D eigenvalue weighted by Gasteiger charge is 2.14. The van der Waals surface area contributed by atoms with Crippen molar-refractivity contribution in [1.29, 1.82) is 0 Å². The zero-order valence-electron chi connectivity index (χ0n) is 9.96. The van der Waals surface area contributed by atoms with Crippen molar-refractivity contribution in [2.75, 3.05) is 5.73 Å². The lowest BCUT2D eigenvalue weighted by Gasteiger charge is -2.07. The van der Waals surface area contributed by atoms with E-state index in [1.165, 1.54) is 12.1 Å². The van der Waals surface area contributed by atoms with Gasteiger partial charge >= 0.3 is 5.69 Å². The van der Waals surface area contributed by atoms with E-state index in [2.05, 4.69) is 4.98 Å². The lowest BCUT2D eigenvalue weighted by Crippen LogP contribution is -1.99. The fourth-order valence-corrected chi connectivity index (χ4v) is 1.62. The summed E-state index contributed by atoms with van der Waals surface area (Å²) in [7, 11) is 0. The predicted molar refractivity (Wildman–Crippen MR) is 71.6 cm³/mol. The molecule has 1 aromatic heterocycles. The molecule has 6 nitrogen and oxygen atoms in total. The molecule has 0 aliphatic rings. The minimum Gasteiger partial charge on any atom is -0.437 e. The quantitative estimate of drug-likeness (QED) is 0.687. The number of pyridine rings is 1. The maximum atomic E-state index is 10.6.